The van der Waals surface area contributed by atoms with Gasteiger partial charge in [0.1, 0.15) is 0 Å². The molecule has 1 fully saturated rings. The van der Waals surface area contributed by atoms with E-state index in [-0.39, 0.29) is 18.6 Å². The van der Waals surface area contributed by atoms with Crippen molar-refractivity contribution in [2.75, 3.05) is 13.2 Å². The first-order valence-electron chi connectivity index (χ1n) is 5.40. The summed E-state index contributed by atoms with van der Waals surface area (Å²) in [6.45, 7) is 1.30. The predicted octanol–water partition coefficient (Wildman–Crippen LogP) is -2.23. The lowest BCUT2D eigenvalue weighted by Gasteiger charge is -2.20. The van der Waals surface area contributed by atoms with Gasteiger partial charge in [0.2, 0.25) is 5.91 Å². The lowest BCUT2D eigenvalue weighted by Crippen LogP contribution is -2.49. The Labute approximate surface area is 108 Å². The summed E-state index contributed by atoms with van der Waals surface area (Å²) in [5.41, 5.74) is -0.266. The number of nitrogens with zero attached hydrogens (tertiary/aromatic N) is 2. The van der Waals surface area contributed by atoms with Crippen LogP contribution < -0.4 is 0 Å². The molecular formula is C11H13N2O6+. The number of carbonyl (C=O) groups excluding carboxylic acids is 4. The van der Waals surface area contributed by atoms with Gasteiger partial charge in [-0.3, -0.25) is 9.59 Å². The molecule has 1 aliphatic rings. The van der Waals surface area contributed by atoms with Crippen LogP contribution in [0.2, 0.25) is 0 Å². The van der Waals surface area contributed by atoms with E-state index < -0.39 is 36.8 Å². The van der Waals surface area contributed by atoms with Crippen molar-refractivity contribution in [2.24, 2.45) is 0 Å². The second kappa shape index (κ2) is 6.12. The maximum atomic E-state index is 11.9. The Morgan fingerprint density at radius 3 is 2.16 bits per heavy atom. The van der Waals surface area contributed by atoms with E-state index in [9.17, 15) is 19.2 Å². The minimum Gasteiger partial charge on any atom is -0.382 e. The highest BCUT2D eigenvalue weighted by Crippen LogP contribution is 2.11. The molecule has 1 aliphatic heterocycles. The maximum absolute atomic E-state index is 11.9. The first-order valence-corrected chi connectivity index (χ1v) is 5.40. The Morgan fingerprint density at radius 2 is 1.74 bits per heavy atom. The SMILES string of the molecule is C=CN1C(=O)CCC(=[N+](C(=O)CO)C(=O)CO)C1=O. The fraction of sp³-hybridized carbons (Fsp3) is 0.364. The van der Waals surface area contributed by atoms with Crippen molar-refractivity contribution in [3.8, 4) is 0 Å². The van der Waals surface area contributed by atoms with Crippen LogP contribution in [-0.4, -0.2) is 62.2 Å². The van der Waals surface area contributed by atoms with Gasteiger partial charge in [-0.15, -0.1) is 0 Å². The Morgan fingerprint density at radius 1 is 1.21 bits per heavy atom. The van der Waals surface area contributed by atoms with E-state index in [2.05, 4.69) is 6.58 Å². The van der Waals surface area contributed by atoms with Gasteiger partial charge in [-0.05, 0) is 0 Å². The fourth-order valence-corrected chi connectivity index (χ4v) is 1.68. The van der Waals surface area contributed by atoms with Gasteiger partial charge in [-0.1, -0.05) is 11.2 Å². The number of piperidine rings is 1. The van der Waals surface area contributed by atoms with Crippen LogP contribution in [0, 0.1) is 0 Å². The quantitative estimate of drug-likeness (QED) is 0.442. The van der Waals surface area contributed by atoms with E-state index in [0.29, 0.717) is 9.48 Å². The molecule has 8 heteroatoms. The van der Waals surface area contributed by atoms with Crippen molar-refractivity contribution in [1.82, 2.24) is 4.90 Å². The molecule has 2 N–H and O–H groups in total. The maximum Gasteiger partial charge on any atom is 0.421 e. The summed E-state index contributed by atoms with van der Waals surface area (Å²) in [4.78, 5) is 47.0. The lowest BCUT2D eigenvalue weighted by molar-refractivity contribution is -0.388. The van der Waals surface area contributed by atoms with Crippen LogP contribution in [0.15, 0.2) is 12.8 Å². The normalized spacial score (nSPS) is 15.5. The molecule has 1 rings (SSSR count). The number of hydrogen-bond acceptors (Lipinski definition) is 6. The number of rotatable bonds is 3. The molecule has 8 nitrogen and oxygen atoms in total. The number of aliphatic hydroxyl groups excluding tert-OH is 2. The number of amides is 4. The smallest absolute Gasteiger partial charge is 0.382 e. The summed E-state index contributed by atoms with van der Waals surface area (Å²) < 4.78 is 0.408. The molecule has 0 radical (unpaired) electrons. The van der Waals surface area contributed by atoms with Gasteiger partial charge in [-0.25, -0.2) is 14.5 Å². The Balaban J connectivity index is 3.33. The third-order valence-corrected chi connectivity index (χ3v) is 2.53. The zero-order valence-corrected chi connectivity index (χ0v) is 10.0. The Kier molecular flexibility index (Phi) is 4.79. The summed E-state index contributed by atoms with van der Waals surface area (Å²) in [7, 11) is 0. The number of imide groups is 2. The summed E-state index contributed by atoms with van der Waals surface area (Å²) in [5, 5.41) is 17.6. The van der Waals surface area contributed by atoms with E-state index in [1.54, 1.807) is 0 Å². The van der Waals surface area contributed by atoms with Crippen molar-refractivity contribution in [1.29, 1.82) is 0 Å². The van der Waals surface area contributed by atoms with Crippen molar-refractivity contribution in [2.45, 2.75) is 12.8 Å². The topological polar surface area (TPSA) is 115 Å². The van der Waals surface area contributed by atoms with E-state index in [4.69, 9.17) is 10.2 Å². The van der Waals surface area contributed by atoms with E-state index >= 15 is 0 Å². The molecule has 4 amide bonds. The molecule has 19 heavy (non-hydrogen) atoms. The first-order chi connectivity index (χ1) is 8.97. The number of carbonyl (C=O) groups is 4. The minimum atomic E-state index is -1.04. The van der Waals surface area contributed by atoms with Crippen molar-refractivity contribution < 1.29 is 34.0 Å². The highest BCUT2D eigenvalue weighted by atomic mass is 16.3. The third kappa shape index (κ3) is 2.80. The molecule has 0 aromatic rings. The molecule has 0 atom stereocenters. The standard InChI is InChI=1S/C11H13N2O6/c1-2-12-8(16)4-3-7(11(12)19)13(9(17)5-14)10(18)6-15/h2,14-15H,1,3-6H2/q+1. The zero-order chi connectivity index (χ0) is 14.6. The summed E-state index contributed by atoms with van der Waals surface area (Å²) in [6, 6.07) is 0. The molecule has 1 heterocycles. The molecule has 1 saturated heterocycles. The second-order valence-electron chi connectivity index (χ2n) is 3.64. The van der Waals surface area contributed by atoms with Gasteiger partial charge in [-0.2, -0.15) is 0 Å². The zero-order valence-electron chi connectivity index (χ0n) is 10.0. The Bertz CT molecular complexity index is 475. The van der Waals surface area contributed by atoms with Crippen LogP contribution in [0.4, 0.5) is 0 Å². The largest absolute Gasteiger partial charge is 0.421 e. The van der Waals surface area contributed by atoms with Crippen LogP contribution in [-0.2, 0) is 19.2 Å². The molecular weight excluding hydrogens is 256 g/mol. The molecule has 0 spiro atoms. The van der Waals surface area contributed by atoms with Crippen LogP contribution in [0.1, 0.15) is 12.8 Å². The second-order valence-corrected chi connectivity index (χ2v) is 3.64. The summed E-state index contributed by atoms with van der Waals surface area (Å²) in [5.74, 6) is -3.45. The number of likely N-dealkylation sites (tertiary alicyclic amines) is 1. The average molecular weight is 269 g/mol. The van der Waals surface area contributed by atoms with Crippen LogP contribution in [0.5, 0.6) is 0 Å². The molecule has 0 aromatic heterocycles. The van der Waals surface area contributed by atoms with Gasteiger partial charge in [0.25, 0.3) is 5.71 Å². The van der Waals surface area contributed by atoms with Crippen LogP contribution in [0.3, 0.4) is 0 Å². The van der Waals surface area contributed by atoms with Gasteiger partial charge in [0.05, 0.1) is 0 Å². The summed E-state index contributed by atoms with van der Waals surface area (Å²) in [6.07, 6.45) is 0.773. The molecule has 102 valence electrons. The van der Waals surface area contributed by atoms with Crippen molar-refractivity contribution >= 4 is 29.3 Å². The predicted molar refractivity (Wildman–Crippen MR) is 60.7 cm³/mol. The van der Waals surface area contributed by atoms with E-state index in [1.807, 2.05) is 0 Å². The summed E-state index contributed by atoms with van der Waals surface area (Å²) >= 11 is 0. The molecule has 0 aromatic carbocycles. The number of aliphatic hydroxyl groups is 2. The highest BCUT2D eigenvalue weighted by molar-refractivity contribution is 6.42. The number of hydrogen-bond donors (Lipinski definition) is 2. The van der Waals surface area contributed by atoms with E-state index in [0.717, 1.165) is 6.20 Å². The van der Waals surface area contributed by atoms with Crippen molar-refractivity contribution in [3.05, 3.63) is 12.8 Å². The van der Waals surface area contributed by atoms with Gasteiger partial charge >= 0.3 is 17.7 Å². The van der Waals surface area contributed by atoms with Gasteiger partial charge < -0.3 is 10.2 Å². The van der Waals surface area contributed by atoms with Crippen LogP contribution in [0.25, 0.3) is 0 Å². The monoisotopic (exact) mass is 269 g/mol. The highest BCUT2D eigenvalue weighted by Gasteiger charge is 2.41. The Hall–Kier alpha value is -2.19. The average Bonchev–Trinajstić information content (AvgIpc) is 2.41. The fourth-order valence-electron chi connectivity index (χ4n) is 1.68. The van der Waals surface area contributed by atoms with Crippen LogP contribution >= 0.6 is 0 Å². The molecule has 0 saturated carbocycles. The van der Waals surface area contributed by atoms with Crippen molar-refractivity contribution in [3.63, 3.8) is 0 Å². The molecule has 0 bridgehead atoms. The third-order valence-electron chi connectivity index (χ3n) is 2.53. The minimum absolute atomic E-state index is 0.0823. The molecule has 0 unspecified atom stereocenters. The first kappa shape index (κ1) is 14.9. The van der Waals surface area contributed by atoms with Gasteiger partial charge in [0.15, 0.2) is 13.2 Å². The lowest BCUT2D eigenvalue weighted by atomic mass is 10.1. The van der Waals surface area contributed by atoms with E-state index in [1.165, 1.54) is 0 Å². The van der Waals surface area contributed by atoms with Gasteiger partial charge in [0, 0.05) is 19.0 Å². The molecule has 0 aliphatic carbocycles.